The second kappa shape index (κ2) is 26.6. The summed E-state index contributed by atoms with van der Waals surface area (Å²) in [6.45, 7) is 16.8. The maximum Gasteiger partial charge on any atom is 0.495 e. The third-order valence-corrected chi connectivity index (χ3v) is 26.9. The Balaban J connectivity index is 0.000000107. The monoisotopic (exact) mass is 1670 g/mol. The van der Waals surface area contributed by atoms with Crippen molar-refractivity contribution >= 4 is 236 Å². The highest BCUT2D eigenvalue weighted by Gasteiger charge is 2.54. The molecule has 0 aromatic heterocycles. The summed E-state index contributed by atoms with van der Waals surface area (Å²) in [6.07, 6.45) is 0. The van der Waals surface area contributed by atoms with E-state index in [1.54, 1.807) is 0 Å². The first-order valence-corrected chi connectivity index (χ1v) is 39.7. The van der Waals surface area contributed by atoms with E-state index in [2.05, 4.69) is 399 Å². The van der Waals surface area contributed by atoms with Gasteiger partial charge in [-0.15, -0.1) is 0 Å². The van der Waals surface area contributed by atoms with E-state index in [1.807, 2.05) is 18.2 Å². The van der Waals surface area contributed by atoms with Crippen LogP contribution in [0.25, 0.3) is 162 Å². The molecule has 514 valence electrons. The lowest BCUT2D eigenvalue weighted by molar-refractivity contribution is 0.00578. The molecule has 0 aliphatic carbocycles. The molecule has 19 aromatic carbocycles. The lowest BCUT2D eigenvalue weighted by Crippen LogP contribution is -2.41. The highest BCUT2D eigenvalue weighted by molar-refractivity contribution is 14.1. The lowest BCUT2D eigenvalue weighted by Gasteiger charge is -2.32. The first kappa shape index (κ1) is 69.0. The molecular formula is C96H72B2Br3IO4. The number of benzene rings is 17. The van der Waals surface area contributed by atoms with Crippen molar-refractivity contribution in [2.75, 3.05) is 0 Å². The van der Waals surface area contributed by atoms with Crippen LogP contribution in [0.5, 0.6) is 0 Å². The van der Waals surface area contributed by atoms with Gasteiger partial charge in [0.2, 0.25) is 0 Å². The Morgan fingerprint density at radius 1 is 0.217 bits per heavy atom. The first-order chi connectivity index (χ1) is 51.2. The van der Waals surface area contributed by atoms with Gasteiger partial charge in [0.1, 0.15) is 0 Å². The minimum absolute atomic E-state index is 0.406. The van der Waals surface area contributed by atoms with Crippen LogP contribution in [0.3, 0.4) is 0 Å². The quantitative estimate of drug-likeness (QED) is 0.1000. The molecule has 2 heterocycles. The molecule has 4 nitrogen and oxygen atoms in total. The molecule has 106 heavy (non-hydrogen) atoms. The van der Waals surface area contributed by atoms with Crippen molar-refractivity contribution in [3.05, 3.63) is 308 Å². The van der Waals surface area contributed by atoms with Crippen molar-refractivity contribution < 1.29 is 18.6 Å². The molecule has 2 aliphatic heterocycles. The summed E-state index contributed by atoms with van der Waals surface area (Å²) in [5.41, 5.74) is 5.42. The zero-order chi connectivity index (χ0) is 72.7. The maximum atomic E-state index is 6.51. The van der Waals surface area contributed by atoms with E-state index in [0.717, 1.165) is 30.6 Å². The molecular weight excluding hydrogens is 1610 g/mol. The van der Waals surface area contributed by atoms with Crippen molar-refractivity contribution in [3.8, 4) is 22.3 Å². The van der Waals surface area contributed by atoms with Gasteiger partial charge in [0, 0.05) is 17.0 Å². The Morgan fingerprint density at radius 3 is 0.774 bits per heavy atom. The average Bonchev–Trinajstić information content (AvgIpc) is 1.48. The SMILES string of the molecule is Brc1ccccc1-c1cc2c3ccccc3c(-c3ccccc3Br)cc2c2ccccc12.Brc1ccccc1I.CC1(C)OB(c2cc3c4ccccc4c(B4OC(C)(C)C(C)(C)O4)cc3c3ccccc23)OC1(C)C.c1ccc2c(c1)c1cccc3c4cc5c6ccccc6c6cccc(c4cc2c13)c65. The van der Waals surface area contributed by atoms with Gasteiger partial charge in [-0.25, -0.2) is 0 Å². The molecule has 0 spiro atoms. The van der Waals surface area contributed by atoms with Gasteiger partial charge in [-0.05, 0) is 316 Å². The topological polar surface area (TPSA) is 36.9 Å². The van der Waals surface area contributed by atoms with Crippen molar-refractivity contribution in [1.29, 1.82) is 0 Å². The Labute approximate surface area is 656 Å². The molecule has 10 heteroatoms. The molecule has 2 fully saturated rings. The number of rotatable bonds is 4. The molecule has 0 unspecified atom stereocenters. The van der Waals surface area contributed by atoms with Gasteiger partial charge in [-0.3, -0.25) is 0 Å². The van der Waals surface area contributed by atoms with Crippen molar-refractivity contribution in [2.24, 2.45) is 0 Å². The van der Waals surface area contributed by atoms with Gasteiger partial charge in [-0.2, -0.15) is 0 Å². The maximum absolute atomic E-state index is 6.51. The minimum atomic E-state index is -0.439. The number of hydrogen-bond donors (Lipinski definition) is 0. The van der Waals surface area contributed by atoms with E-state index in [0.29, 0.717) is 0 Å². The summed E-state index contributed by atoms with van der Waals surface area (Å²) in [6, 6.07) is 105. The van der Waals surface area contributed by atoms with Crippen LogP contribution in [0.15, 0.2) is 305 Å². The van der Waals surface area contributed by atoms with Gasteiger partial charge in [0.25, 0.3) is 0 Å². The van der Waals surface area contributed by atoms with Crippen molar-refractivity contribution in [3.63, 3.8) is 0 Å². The van der Waals surface area contributed by atoms with Crippen LogP contribution in [0, 0.1) is 3.57 Å². The zero-order valence-corrected chi connectivity index (χ0v) is 66.9. The van der Waals surface area contributed by atoms with E-state index < -0.39 is 36.6 Å². The molecule has 2 aliphatic rings. The fourth-order valence-corrected chi connectivity index (χ4v) is 18.1. The first-order valence-electron chi connectivity index (χ1n) is 36.2. The van der Waals surface area contributed by atoms with Crippen LogP contribution in [-0.2, 0) is 18.6 Å². The van der Waals surface area contributed by atoms with Crippen LogP contribution in [0.2, 0.25) is 0 Å². The minimum Gasteiger partial charge on any atom is -0.399 e. The third-order valence-electron chi connectivity index (χ3n) is 23.1. The predicted octanol–water partition coefficient (Wildman–Crippen LogP) is 27.4. The van der Waals surface area contributed by atoms with Gasteiger partial charge in [-0.1, -0.05) is 275 Å². The van der Waals surface area contributed by atoms with Gasteiger partial charge in [0.05, 0.1) is 22.4 Å². The van der Waals surface area contributed by atoms with E-state index in [-0.39, 0.29) is 0 Å². The van der Waals surface area contributed by atoms with E-state index >= 15 is 0 Å². The molecule has 2 saturated heterocycles. The van der Waals surface area contributed by atoms with Crippen LogP contribution in [0.1, 0.15) is 55.4 Å². The summed E-state index contributed by atoms with van der Waals surface area (Å²) >= 11 is 13.2. The molecule has 19 aromatic rings. The smallest absolute Gasteiger partial charge is 0.399 e. The van der Waals surface area contributed by atoms with E-state index in [1.165, 1.54) is 160 Å². The Morgan fingerprint density at radius 2 is 0.453 bits per heavy atom. The standard InChI is InChI=1S/C30H34B2O4.C30H18Br2.C30H16.C6H4BrI/c1-27(2)28(3,4)34-31(33-27)25-17-23-20-14-10-12-16-22(20)26(32-35-29(5,6)30(7,8)36-32)18-24(23)19-13-9-11-15-21(19)25;31-29-15-7-5-13-23(29)25-17-28-22-12-4-2-10-20(22)26(24-14-6-8-16-30(24)32)18-27(28)21-11-3-1-9-19(21)25;1-3-9-19-17(7-1)21-11-5-13-23-26-16-28-20-10-4-2-8-18(20)22-12-6-14-24(30(22)28)25(26)15-27(19)29(21)23;7-5-3-1-2-4-6(5)8/h9-18H,1-8H3;1-18H;1-16H;1-4H. The summed E-state index contributed by atoms with van der Waals surface area (Å²) < 4.78 is 30.7. The van der Waals surface area contributed by atoms with Gasteiger partial charge in [0.15, 0.2) is 0 Å². The van der Waals surface area contributed by atoms with E-state index in [9.17, 15) is 0 Å². The molecule has 0 atom stereocenters. The number of hydrogen-bond acceptors (Lipinski definition) is 4. The second-order valence-corrected chi connectivity index (χ2v) is 33.9. The Kier molecular flexibility index (Phi) is 17.3. The molecule has 0 N–H and O–H groups in total. The molecule has 0 radical (unpaired) electrons. The molecule has 0 saturated carbocycles. The summed E-state index contributed by atoms with van der Waals surface area (Å²) in [4.78, 5) is 0. The molecule has 0 amide bonds. The lowest BCUT2D eigenvalue weighted by atomic mass is 9.71. The summed E-state index contributed by atoms with van der Waals surface area (Å²) in [5, 5.41) is 33.8. The predicted molar refractivity (Wildman–Crippen MR) is 474 cm³/mol. The van der Waals surface area contributed by atoms with Gasteiger partial charge < -0.3 is 18.6 Å². The highest BCUT2D eigenvalue weighted by Crippen LogP contribution is 2.50. The average molecular weight is 1680 g/mol. The Bertz CT molecular complexity index is 6330. The van der Waals surface area contributed by atoms with Gasteiger partial charge >= 0.3 is 14.2 Å². The van der Waals surface area contributed by atoms with Crippen LogP contribution in [0.4, 0.5) is 0 Å². The van der Waals surface area contributed by atoms with Crippen molar-refractivity contribution in [1.82, 2.24) is 0 Å². The number of halogens is 4. The van der Waals surface area contributed by atoms with E-state index in [4.69, 9.17) is 18.6 Å². The zero-order valence-electron chi connectivity index (χ0n) is 60.0. The van der Waals surface area contributed by atoms with Crippen LogP contribution < -0.4 is 10.9 Å². The normalized spacial score (nSPS) is 15.3. The highest BCUT2D eigenvalue weighted by atomic mass is 127. The van der Waals surface area contributed by atoms with Crippen LogP contribution in [-0.4, -0.2) is 36.6 Å². The second-order valence-electron chi connectivity index (χ2n) is 30.2. The van der Waals surface area contributed by atoms with Crippen LogP contribution >= 0.6 is 70.4 Å². The largest absolute Gasteiger partial charge is 0.495 e. The molecule has 21 rings (SSSR count). The summed E-state index contributed by atoms with van der Waals surface area (Å²) in [7, 11) is -0.878. The number of fused-ring (bicyclic) bond motifs is 19. The summed E-state index contributed by atoms with van der Waals surface area (Å²) in [5.74, 6) is 0. The fourth-order valence-electron chi connectivity index (χ4n) is 16.5. The third kappa shape index (κ3) is 11.4. The fraction of sp³-hybridized carbons (Fsp3) is 0.125. The Hall–Kier alpha value is -8.78. The van der Waals surface area contributed by atoms with Crippen molar-refractivity contribution in [2.45, 2.75) is 77.8 Å². The molecule has 0 bridgehead atoms.